The van der Waals surface area contributed by atoms with E-state index in [4.69, 9.17) is 0 Å². The Hall–Kier alpha value is -3.82. The minimum Gasteiger partial charge on any atom is -0.336 e. The molecule has 3 aromatic carbocycles. The largest absolute Gasteiger partial charge is 0.336 e. The summed E-state index contributed by atoms with van der Waals surface area (Å²) in [6.07, 6.45) is 4.48. The lowest BCUT2D eigenvalue weighted by molar-refractivity contribution is 0.0698. The molecule has 0 spiro atoms. The number of piperazine rings is 1. The SMILES string of the molecule is O=C(c1ccc(-n2cnc3ccccc3c2=O)cc1)N1CCN(S(=O)(=O)c2ccc3c(c2)CCC3)CC1. The quantitative estimate of drug-likeness (QED) is 0.418. The van der Waals surface area contributed by atoms with Gasteiger partial charge in [0.15, 0.2) is 0 Å². The van der Waals surface area contributed by atoms with Crippen molar-refractivity contribution in [3.63, 3.8) is 0 Å². The molecule has 0 bridgehead atoms. The Labute approximate surface area is 214 Å². The van der Waals surface area contributed by atoms with Gasteiger partial charge in [-0.2, -0.15) is 4.31 Å². The molecule has 1 aromatic heterocycles. The Morgan fingerprint density at radius 1 is 0.838 bits per heavy atom. The van der Waals surface area contributed by atoms with Crippen LogP contribution in [0, 0.1) is 0 Å². The summed E-state index contributed by atoms with van der Waals surface area (Å²) in [4.78, 5) is 32.3. The maximum atomic E-state index is 13.2. The third-order valence-corrected chi connectivity index (χ3v) is 9.19. The number of carbonyl (C=O) groups excluding carboxylic acids is 1. The number of rotatable bonds is 4. The molecule has 1 amide bonds. The Balaban J connectivity index is 1.14. The summed E-state index contributed by atoms with van der Waals surface area (Å²) in [5.41, 5.74) is 3.92. The molecule has 1 aliphatic carbocycles. The number of amides is 1. The zero-order valence-electron chi connectivity index (χ0n) is 20.2. The first-order valence-electron chi connectivity index (χ1n) is 12.4. The van der Waals surface area contributed by atoms with Crippen LogP contribution in [-0.4, -0.2) is 59.3 Å². The van der Waals surface area contributed by atoms with Crippen LogP contribution in [0.15, 0.2) is 82.7 Å². The van der Waals surface area contributed by atoms with Gasteiger partial charge in [0.2, 0.25) is 10.0 Å². The first-order chi connectivity index (χ1) is 17.9. The summed E-state index contributed by atoms with van der Waals surface area (Å²) < 4.78 is 29.3. The smallest absolute Gasteiger partial charge is 0.265 e. The fraction of sp³-hybridized carbons (Fsp3) is 0.250. The Bertz CT molecular complexity index is 1670. The number of hydrogen-bond donors (Lipinski definition) is 0. The number of para-hydroxylation sites is 1. The van der Waals surface area contributed by atoms with E-state index in [-0.39, 0.29) is 24.6 Å². The summed E-state index contributed by atoms with van der Waals surface area (Å²) in [6.45, 7) is 1.14. The van der Waals surface area contributed by atoms with Gasteiger partial charge >= 0.3 is 0 Å². The van der Waals surface area contributed by atoms with Crippen LogP contribution >= 0.6 is 0 Å². The minimum atomic E-state index is -3.60. The second-order valence-corrected chi connectivity index (χ2v) is 11.4. The lowest BCUT2D eigenvalue weighted by Crippen LogP contribution is -2.50. The lowest BCUT2D eigenvalue weighted by Gasteiger charge is -2.34. The van der Waals surface area contributed by atoms with Crippen LogP contribution in [0.25, 0.3) is 16.6 Å². The minimum absolute atomic E-state index is 0.162. The number of aryl methyl sites for hydroxylation is 2. The predicted octanol–water partition coefficient (Wildman–Crippen LogP) is 3.02. The third kappa shape index (κ3) is 4.24. The molecular weight excluding hydrogens is 488 g/mol. The van der Waals surface area contributed by atoms with Gasteiger partial charge in [0, 0.05) is 31.7 Å². The number of aromatic nitrogens is 2. The molecule has 37 heavy (non-hydrogen) atoms. The summed E-state index contributed by atoms with van der Waals surface area (Å²) in [7, 11) is -3.60. The van der Waals surface area contributed by atoms with Gasteiger partial charge in [-0.05, 0) is 78.9 Å². The molecule has 9 heteroatoms. The maximum Gasteiger partial charge on any atom is 0.265 e. The van der Waals surface area contributed by atoms with Crippen molar-refractivity contribution in [2.24, 2.45) is 0 Å². The van der Waals surface area contributed by atoms with Crippen LogP contribution in [0.2, 0.25) is 0 Å². The number of benzene rings is 3. The molecule has 0 N–H and O–H groups in total. The molecule has 0 atom stereocenters. The highest BCUT2D eigenvalue weighted by molar-refractivity contribution is 7.89. The van der Waals surface area contributed by atoms with Crippen LogP contribution < -0.4 is 5.56 Å². The molecule has 4 aromatic rings. The average molecular weight is 515 g/mol. The topological polar surface area (TPSA) is 92.6 Å². The number of sulfonamides is 1. The van der Waals surface area contributed by atoms with Crippen molar-refractivity contribution >= 4 is 26.8 Å². The zero-order chi connectivity index (χ0) is 25.6. The van der Waals surface area contributed by atoms with Gasteiger partial charge in [-0.1, -0.05) is 18.2 Å². The molecule has 2 aliphatic rings. The van der Waals surface area contributed by atoms with Crippen LogP contribution in [0.5, 0.6) is 0 Å². The first kappa shape index (κ1) is 23.6. The van der Waals surface area contributed by atoms with Gasteiger partial charge in [-0.15, -0.1) is 0 Å². The number of nitrogens with zero attached hydrogens (tertiary/aromatic N) is 4. The number of fused-ring (bicyclic) bond motifs is 2. The van der Waals surface area contributed by atoms with Crippen molar-refractivity contribution in [2.75, 3.05) is 26.2 Å². The van der Waals surface area contributed by atoms with Crippen molar-refractivity contribution in [3.8, 4) is 5.69 Å². The molecule has 188 valence electrons. The predicted molar refractivity (Wildman–Crippen MR) is 140 cm³/mol. The monoisotopic (exact) mass is 514 g/mol. The lowest BCUT2D eigenvalue weighted by atomic mass is 10.1. The van der Waals surface area contributed by atoms with Crippen molar-refractivity contribution in [3.05, 3.63) is 100 Å². The molecule has 0 unspecified atom stereocenters. The van der Waals surface area contributed by atoms with E-state index >= 15 is 0 Å². The van der Waals surface area contributed by atoms with Crippen molar-refractivity contribution < 1.29 is 13.2 Å². The molecule has 2 heterocycles. The average Bonchev–Trinajstić information content (AvgIpc) is 3.41. The van der Waals surface area contributed by atoms with Crippen molar-refractivity contribution in [1.29, 1.82) is 0 Å². The van der Waals surface area contributed by atoms with E-state index in [2.05, 4.69) is 4.98 Å². The van der Waals surface area contributed by atoms with Gasteiger partial charge in [0.25, 0.3) is 11.5 Å². The summed E-state index contributed by atoms with van der Waals surface area (Å²) in [5, 5.41) is 0.526. The third-order valence-electron chi connectivity index (χ3n) is 7.29. The highest BCUT2D eigenvalue weighted by atomic mass is 32.2. The zero-order valence-corrected chi connectivity index (χ0v) is 21.0. The summed E-state index contributed by atoms with van der Waals surface area (Å²) >= 11 is 0. The van der Waals surface area contributed by atoms with E-state index in [1.54, 1.807) is 53.4 Å². The molecule has 1 saturated heterocycles. The van der Waals surface area contributed by atoms with Crippen LogP contribution in [-0.2, 0) is 22.9 Å². The second kappa shape index (κ2) is 9.24. The van der Waals surface area contributed by atoms with E-state index in [0.29, 0.717) is 40.1 Å². The van der Waals surface area contributed by atoms with E-state index in [1.165, 1.54) is 20.8 Å². The Kier molecular flexibility index (Phi) is 5.89. The van der Waals surface area contributed by atoms with Gasteiger partial charge in [-0.25, -0.2) is 13.4 Å². The number of hydrogen-bond acceptors (Lipinski definition) is 5. The summed E-state index contributed by atoms with van der Waals surface area (Å²) in [5.74, 6) is -0.162. The fourth-order valence-electron chi connectivity index (χ4n) is 5.19. The second-order valence-electron chi connectivity index (χ2n) is 9.46. The standard InChI is InChI=1S/C28H26N4O4S/c33-27(21-8-11-23(12-9-21)32-19-29-26-7-2-1-6-25(26)28(32)34)30-14-16-31(17-15-30)37(35,36)24-13-10-20-4-3-5-22(20)18-24/h1-2,6-13,18-19H,3-5,14-17H2. The van der Waals surface area contributed by atoms with Gasteiger partial charge in [0.05, 0.1) is 21.5 Å². The van der Waals surface area contributed by atoms with Gasteiger partial charge < -0.3 is 4.90 Å². The van der Waals surface area contributed by atoms with Crippen molar-refractivity contribution in [1.82, 2.24) is 18.8 Å². The van der Waals surface area contributed by atoms with Gasteiger partial charge in [-0.3, -0.25) is 14.2 Å². The van der Waals surface area contributed by atoms with E-state index in [0.717, 1.165) is 24.8 Å². The maximum absolute atomic E-state index is 13.2. The van der Waals surface area contributed by atoms with Gasteiger partial charge in [0.1, 0.15) is 6.33 Å². The molecule has 1 aliphatic heterocycles. The molecule has 6 rings (SSSR count). The Morgan fingerprint density at radius 3 is 2.35 bits per heavy atom. The summed E-state index contributed by atoms with van der Waals surface area (Å²) in [6, 6.07) is 19.4. The van der Waals surface area contributed by atoms with E-state index in [1.807, 2.05) is 18.2 Å². The van der Waals surface area contributed by atoms with E-state index < -0.39 is 10.0 Å². The van der Waals surface area contributed by atoms with Crippen LogP contribution in [0.1, 0.15) is 27.9 Å². The Morgan fingerprint density at radius 2 is 1.57 bits per heavy atom. The highest BCUT2D eigenvalue weighted by Gasteiger charge is 2.31. The normalized spacial score (nSPS) is 16.2. The molecule has 8 nitrogen and oxygen atoms in total. The molecule has 0 saturated carbocycles. The molecule has 0 radical (unpaired) electrons. The molecular formula is C28H26N4O4S. The van der Waals surface area contributed by atoms with Crippen LogP contribution in [0.4, 0.5) is 0 Å². The number of carbonyl (C=O) groups is 1. The fourth-order valence-corrected chi connectivity index (χ4v) is 6.66. The van der Waals surface area contributed by atoms with Crippen LogP contribution in [0.3, 0.4) is 0 Å². The van der Waals surface area contributed by atoms with Crippen molar-refractivity contribution in [2.45, 2.75) is 24.2 Å². The highest BCUT2D eigenvalue weighted by Crippen LogP contribution is 2.27. The first-order valence-corrected chi connectivity index (χ1v) is 13.8. The molecule has 1 fully saturated rings. The van der Waals surface area contributed by atoms with E-state index in [9.17, 15) is 18.0 Å².